The van der Waals surface area contributed by atoms with Crippen molar-refractivity contribution in [1.82, 2.24) is 9.55 Å². The zero-order valence-electron chi connectivity index (χ0n) is 12.8. The summed E-state index contributed by atoms with van der Waals surface area (Å²) in [6.07, 6.45) is 1.31. The second kappa shape index (κ2) is 6.66. The van der Waals surface area contributed by atoms with E-state index in [0.29, 0.717) is 22.2 Å². The van der Waals surface area contributed by atoms with Crippen LogP contribution in [-0.4, -0.2) is 21.4 Å². The maximum absolute atomic E-state index is 11.6. The van der Waals surface area contributed by atoms with Gasteiger partial charge in [0.2, 0.25) is 0 Å². The minimum absolute atomic E-state index is 0.0705. The first-order valence-electron chi connectivity index (χ1n) is 7.16. The smallest absolute Gasteiger partial charge is 0.269 e. The Bertz CT molecular complexity index is 934. The molecular formula is C17H13ClN4O3. The highest BCUT2D eigenvalue weighted by atomic mass is 35.5. The summed E-state index contributed by atoms with van der Waals surface area (Å²) in [5, 5.41) is 0.618. The summed E-state index contributed by atoms with van der Waals surface area (Å²) in [4.78, 5) is 26.9. The molecule has 0 saturated heterocycles. The quantitative estimate of drug-likeness (QED) is 0.731. The summed E-state index contributed by atoms with van der Waals surface area (Å²) in [7, 11) is 0. The van der Waals surface area contributed by atoms with Crippen molar-refractivity contribution < 1.29 is 14.3 Å². The van der Waals surface area contributed by atoms with Gasteiger partial charge in [0.1, 0.15) is 23.5 Å². The average Bonchev–Trinajstić information content (AvgIpc) is 3.03. The third-order valence-corrected chi connectivity index (χ3v) is 3.65. The number of hydrogen-bond acceptors (Lipinski definition) is 4. The molecule has 3 aromatic rings. The van der Waals surface area contributed by atoms with Gasteiger partial charge in [-0.3, -0.25) is 14.2 Å². The molecule has 1 heterocycles. The Hall–Kier alpha value is -3.32. The number of nitrogens with zero attached hydrogens (tertiary/aromatic N) is 2. The van der Waals surface area contributed by atoms with Gasteiger partial charge in [-0.05, 0) is 48.5 Å². The number of halogens is 1. The molecule has 3 rings (SSSR count). The molecule has 2 amide bonds. The maximum atomic E-state index is 11.6. The van der Waals surface area contributed by atoms with E-state index in [4.69, 9.17) is 27.8 Å². The number of nitrogens with two attached hydrogens (primary N) is 2. The van der Waals surface area contributed by atoms with Crippen molar-refractivity contribution >= 4 is 23.4 Å². The van der Waals surface area contributed by atoms with Gasteiger partial charge in [0.05, 0.1) is 0 Å². The van der Waals surface area contributed by atoms with Crippen molar-refractivity contribution in [3.05, 3.63) is 71.3 Å². The van der Waals surface area contributed by atoms with E-state index in [9.17, 15) is 9.59 Å². The molecule has 0 aliphatic rings. The molecule has 126 valence electrons. The van der Waals surface area contributed by atoms with Gasteiger partial charge in [0.25, 0.3) is 11.8 Å². The Kier molecular flexibility index (Phi) is 4.40. The molecule has 0 aliphatic carbocycles. The number of rotatable bonds is 5. The predicted molar refractivity (Wildman–Crippen MR) is 92.1 cm³/mol. The van der Waals surface area contributed by atoms with Crippen LogP contribution in [0.15, 0.2) is 54.9 Å². The first kappa shape index (κ1) is 16.5. The number of hydrogen-bond donors (Lipinski definition) is 2. The average molecular weight is 357 g/mol. The molecule has 2 aromatic carbocycles. The number of carbonyl (C=O) groups is 2. The van der Waals surface area contributed by atoms with E-state index in [1.54, 1.807) is 48.5 Å². The van der Waals surface area contributed by atoms with Crippen LogP contribution in [0.25, 0.3) is 5.69 Å². The molecule has 0 unspecified atom stereocenters. The number of amides is 2. The second-order valence-electron chi connectivity index (χ2n) is 5.09. The highest BCUT2D eigenvalue weighted by Gasteiger charge is 2.20. The molecule has 0 atom stereocenters. The lowest BCUT2D eigenvalue weighted by molar-refractivity contribution is 0.0960. The lowest BCUT2D eigenvalue weighted by atomic mass is 10.2. The summed E-state index contributed by atoms with van der Waals surface area (Å²) >= 11 is 5.83. The lowest BCUT2D eigenvalue weighted by Crippen LogP contribution is -2.22. The van der Waals surface area contributed by atoms with Crippen molar-refractivity contribution in [3.8, 4) is 17.2 Å². The van der Waals surface area contributed by atoms with Gasteiger partial charge >= 0.3 is 0 Å². The minimum Gasteiger partial charge on any atom is -0.457 e. The Morgan fingerprint density at radius 3 is 2.00 bits per heavy atom. The summed E-state index contributed by atoms with van der Waals surface area (Å²) in [5.74, 6) is -0.404. The van der Waals surface area contributed by atoms with Crippen LogP contribution in [0.5, 0.6) is 11.5 Å². The third-order valence-electron chi connectivity index (χ3n) is 3.40. The zero-order valence-corrected chi connectivity index (χ0v) is 13.6. The van der Waals surface area contributed by atoms with Crippen LogP contribution in [-0.2, 0) is 0 Å². The molecule has 0 spiro atoms. The topological polar surface area (TPSA) is 113 Å². The predicted octanol–water partition coefficient (Wildman–Crippen LogP) is 2.52. The van der Waals surface area contributed by atoms with Crippen LogP contribution in [0.1, 0.15) is 21.0 Å². The standard InChI is InChI=1S/C17H13ClN4O3/c18-10-1-5-12(6-2-10)25-13-7-3-11(4-8-13)22-9-21-14(16(19)23)15(22)17(20)24/h1-9H,(H2,19,23)(H2,20,24). The van der Waals surface area contributed by atoms with Crippen molar-refractivity contribution in [2.45, 2.75) is 0 Å². The van der Waals surface area contributed by atoms with Crippen molar-refractivity contribution in [1.29, 1.82) is 0 Å². The summed E-state index contributed by atoms with van der Waals surface area (Å²) in [6, 6.07) is 13.8. The summed E-state index contributed by atoms with van der Waals surface area (Å²) in [6.45, 7) is 0. The number of imidazole rings is 1. The highest BCUT2D eigenvalue weighted by molar-refractivity contribution is 6.30. The molecule has 0 bridgehead atoms. The van der Waals surface area contributed by atoms with E-state index in [1.165, 1.54) is 10.9 Å². The van der Waals surface area contributed by atoms with Crippen LogP contribution < -0.4 is 16.2 Å². The fourth-order valence-corrected chi connectivity index (χ4v) is 2.40. The second-order valence-corrected chi connectivity index (χ2v) is 5.53. The zero-order chi connectivity index (χ0) is 18.0. The molecular weight excluding hydrogens is 344 g/mol. The van der Waals surface area contributed by atoms with E-state index < -0.39 is 11.8 Å². The molecule has 8 heteroatoms. The fraction of sp³-hybridized carbons (Fsp3) is 0. The SMILES string of the molecule is NC(=O)c1ncn(-c2ccc(Oc3ccc(Cl)cc3)cc2)c1C(N)=O. The van der Waals surface area contributed by atoms with E-state index in [-0.39, 0.29) is 11.4 Å². The Morgan fingerprint density at radius 1 is 0.920 bits per heavy atom. The number of carbonyl (C=O) groups excluding carboxylic acids is 2. The van der Waals surface area contributed by atoms with Gasteiger partial charge in [-0.2, -0.15) is 0 Å². The monoisotopic (exact) mass is 356 g/mol. The first-order valence-corrected chi connectivity index (χ1v) is 7.54. The lowest BCUT2D eigenvalue weighted by Gasteiger charge is -2.09. The fourth-order valence-electron chi connectivity index (χ4n) is 2.27. The summed E-state index contributed by atoms with van der Waals surface area (Å²) in [5.41, 5.74) is 10.9. The van der Waals surface area contributed by atoms with Crippen LogP contribution in [0, 0.1) is 0 Å². The van der Waals surface area contributed by atoms with Gasteiger partial charge in [0, 0.05) is 10.7 Å². The van der Waals surface area contributed by atoms with Gasteiger partial charge in [-0.25, -0.2) is 4.98 Å². The van der Waals surface area contributed by atoms with Gasteiger partial charge in [-0.15, -0.1) is 0 Å². The number of primary amides is 2. The minimum atomic E-state index is -0.824. The van der Waals surface area contributed by atoms with Crippen LogP contribution in [0.3, 0.4) is 0 Å². The van der Waals surface area contributed by atoms with E-state index in [1.807, 2.05) is 0 Å². The van der Waals surface area contributed by atoms with Crippen LogP contribution in [0.2, 0.25) is 5.02 Å². The largest absolute Gasteiger partial charge is 0.457 e. The van der Waals surface area contributed by atoms with E-state index in [2.05, 4.69) is 4.98 Å². The molecule has 0 fully saturated rings. The van der Waals surface area contributed by atoms with Gasteiger partial charge in [0.15, 0.2) is 5.69 Å². The number of benzene rings is 2. The van der Waals surface area contributed by atoms with Crippen molar-refractivity contribution in [2.75, 3.05) is 0 Å². The van der Waals surface area contributed by atoms with Crippen LogP contribution in [0.4, 0.5) is 0 Å². The number of aromatic nitrogens is 2. The Labute approximate surface area is 147 Å². The number of ether oxygens (including phenoxy) is 1. The Morgan fingerprint density at radius 2 is 1.48 bits per heavy atom. The van der Waals surface area contributed by atoms with Crippen LogP contribution >= 0.6 is 11.6 Å². The molecule has 0 aliphatic heterocycles. The van der Waals surface area contributed by atoms with Crippen molar-refractivity contribution in [2.24, 2.45) is 11.5 Å². The molecule has 4 N–H and O–H groups in total. The van der Waals surface area contributed by atoms with E-state index >= 15 is 0 Å². The molecule has 0 radical (unpaired) electrons. The Balaban J connectivity index is 1.89. The normalized spacial score (nSPS) is 10.4. The third kappa shape index (κ3) is 3.46. The first-order chi connectivity index (χ1) is 12.0. The molecule has 0 saturated carbocycles. The molecule has 7 nitrogen and oxygen atoms in total. The highest BCUT2D eigenvalue weighted by Crippen LogP contribution is 2.24. The maximum Gasteiger partial charge on any atom is 0.269 e. The summed E-state index contributed by atoms with van der Waals surface area (Å²) < 4.78 is 7.09. The van der Waals surface area contributed by atoms with Gasteiger partial charge in [-0.1, -0.05) is 11.6 Å². The van der Waals surface area contributed by atoms with Crippen molar-refractivity contribution in [3.63, 3.8) is 0 Å². The molecule has 25 heavy (non-hydrogen) atoms. The van der Waals surface area contributed by atoms with Gasteiger partial charge < -0.3 is 16.2 Å². The molecule has 1 aromatic heterocycles. The van der Waals surface area contributed by atoms with E-state index in [0.717, 1.165) is 0 Å².